The van der Waals surface area contributed by atoms with Crippen LogP contribution in [0.25, 0.3) is 0 Å². The fraction of sp³-hybridized carbons (Fsp3) is 0.625. The number of pyridine rings is 1. The minimum absolute atomic E-state index is 0.0514. The van der Waals surface area contributed by atoms with Crippen molar-refractivity contribution in [3.05, 3.63) is 23.0 Å². The lowest BCUT2D eigenvalue weighted by Gasteiger charge is -2.28. The largest absolute Gasteiger partial charge is 0.382 e. The van der Waals surface area contributed by atoms with E-state index >= 15 is 0 Å². The topological polar surface area (TPSA) is 54.0 Å². The zero-order valence-electron chi connectivity index (χ0n) is 13.7. The summed E-state index contributed by atoms with van der Waals surface area (Å²) in [6.07, 6.45) is 6.30. The number of carbonyl (C=O) groups excluding carboxylic acids is 1. The van der Waals surface area contributed by atoms with Crippen LogP contribution >= 0.6 is 11.6 Å². The Balaban J connectivity index is 2.03. The Bertz CT molecular complexity index is 516. The van der Waals surface area contributed by atoms with Crippen molar-refractivity contribution >= 4 is 32.7 Å². The van der Waals surface area contributed by atoms with E-state index in [0.29, 0.717) is 16.8 Å². The molecule has 2 rings (SSSR count). The lowest BCUT2D eigenvalue weighted by Crippen LogP contribution is -2.37. The van der Waals surface area contributed by atoms with Crippen molar-refractivity contribution in [2.24, 2.45) is 0 Å². The summed E-state index contributed by atoms with van der Waals surface area (Å²) < 4.78 is 0. The van der Waals surface area contributed by atoms with Gasteiger partial charge in [-0.3, -0.25) is 4.79 Å². The van der Waals surface area contributed by atoms with Gasteiger partial charge in [0.25, 0.3) is 5.91 Å². The summed E-state index contributed by atoms with van der Waals surface area (Å²) in [5, 5.41) is 6.83. The monoisotopic (exact) mass is 339 g/mol. The molecule has 0 saturated heterocycles. The van der Waals surface area contributed by atoms with Gasteiger partial charge in [-0.2, -0.15) is 0 Å². The van der Waals surface area contributed by atoms with Gasteiger partial charge >= 0.3 is 0 Å². The molecule has 4 nitrogen and oxygen atoms in total. The lowest BCUT2D eigenvalue weighted by molar-refractivity contribution is 0.0928. The highest BCUT2D eigenvalue weighted by Crippen LogP contribution is 2.28. The lowest BCUT2D eigenvalue weighted by atomic mass is 9.94. The summed E-state index contributed by atoms with van der Waals surface area (Å²) in [4.78, 5) is 16.6. The number of hydrogen-bond donors (Lipinski definition) is 2. The van der Waals surface area contributed by atoms with Crippen LogP contribution in [0.15, 0.2) is 12.3 Å². The Morgan fingerprint density at radius 2 is 2.05 bits per heavy atom. The zero-order valence-corrected chi connectivity index (χ0v) is 15.8. The highest BCUT2D eigenvalue weighted by atomic mass is 35.5. The first-order valence-corrected chi connectivity index (χ1v) is 10.8. The van der Waals surface area contributed by atoms with E-state index in [-0.39, 0.29) is 21.5 Å². The molecule has 0 radical (unpaired) electrons. The third-order valence-corrected chi connectivity index (χ3v) is 6.50. The van der Waals surface area contributed by atoms with E-state index in [1.54, 1.807) is 12.3 Å². The average Bonchev–Trinajstić information content (AvgIpc) is 2.47. The van der Waals surface area contributed by atoms with E-state index in [4.69, 9.17) is 11.6 Å². The van der Waals surface area contributed by atoms with Crippen LogP contribution in [0.3, 0.4) is 0 Å². The third kappa shape index (κ3) is 4.71. The van der Waals surface area contributed by atoms with Gasteiger partial charge in [-0.15, -0.1) is 0 Å². The molecule has 6 heteroatoms. The van der Waals surface area contributed by atoms with Crippen LogP contribution in [0.5, 0.6) is 0 Å². The van der Waals surface area contributed by atoms with Crippen LogP contribution in [0, 0.1) is 0 Å². The second kappa shape index (κ2) is 7.97. The van der Waals surface area contributed by atoms with Gasteiger partial charge < -0.3 is 10.6 Å². The first-order valence-electron chi connectivity index (χ1n) is 8.22. The molecule has 0 spiro atoms. The number of rotatable bonds is 5. The molecule has 1 amide bonds. The van der Waals surface area contributed by atoms with Crippen molar-refractivity contribution in [2.45, 2.75) is 63.7 Å². The number of nitrogens with zero attached hydrogens (tertiary/aromatic N) is 1. The number of amides is 1. The minimum atomic E-state index is -0.0514. The smallest absolute Gasteiger partial charge is 0.255 e. The van der Waals surface area contributed by atoms with Gasteiger partial charge in [-0.25, -0.2) is 4.98 Å². The van der Waals surface area contributed by atoms with E-state index < -0.39 is 0 Å². The molecule has 0 aliphatic heterocycles. The van der Waals surface area contributed by atoms with E-state index in [9.17, 15) is 4.79 Å². The molecular weight excluding hydrogens is 314 g/mol. The molecule has 122 valence electrons. The van der Waals surface area contributed by atoms with Crippen LogP contribution < -0.4 is 10.6 Å². The van der Waals surface area contributed by atoms with Crippen LogP contribution in [0.4, 0.5) is 5.69 Å². The zero-order chi connectivity index (χ0) is 16.1. The van der Waals surface area contributed by atoms with Crippen LogP contribution in [0.1, 0.15) is 49.9 Å². The van der Waals surface area contributed by atoms with Crippen molar-refractivity contribution in [1.82, 2.24) is 10.3 Å². The summed E-state index contributed by atoms with van der Waals surface area (Å²) in [6, 6.07) is 2.25. The number of aromatic nitrogens is 1. The van der Waals surface area contributed by atoms with Crippen molar-refractivity contribution in [1.29, 1.82) is 0 Å². The van der Waals surface area contributed by atoms with E-state index in [1.807, 2.05) is 13.8 Å². The Morgan fingerprint density at radius 1 is 1.36 bits per heavy atom. The van der Waals surface area contributed by atoms with Crippen LogP contribution in [-0.4, -0.2) is 32.5 Å². The summed E-state index contributed by atoms with van der Waals surface area (Å²) >= 11 is 5.95. The maximum absolute atomic E-state index is 12.6. The maximum atomic E-state index is 12.6. The minimum Gasteiger partial charge on any atom is -0.382 e. The quantitative estimate of drug-likeness (QED) is 0.639. The van der Waals surface area contributed by atoms with Gasteiger partial charge in [0.2, 0.25) is 0 Å². The molecule has 2 N–H and O–H groups in total. The molecule has 1 aliphatic rings. The molecule has 1 aromatic rings. The highest BCUT2D eigenvalue weighted by Gasteiger charge is 2.23. The summed E-state index contributed by atoms with van der Waals surface area (Å²) in [5.74, 6) is -0.0514. The number of hydrogen-bond acceptors (Lipinski definition) is 3. The van der Waals surface area contributed by atoms with Crippen molar-refractivity contribution in [2.75, 3.05) is 5.32 Å². The number of nitrogens with one attached hydrogen (secondary N) is 2. The molecule has 1 aliphatic carbocycles. The average molecular weight is 340 g/mol. The van der Waals surface area contributed by atoms with Crippen molar-refractivity contribution < 1.29 is 4.79 Å². The van der Waals surface area contributed by atoms with Gasteiger partial charge in [0.1, 0.15) is 5.15 Å². The summed E-state index contributed by atoms with van der Waals surface area (Å²) in [6.45, 7) is 6.45. The molecule has 1 heterocycles. The van der Waals surface area contributed by atoms with Gasteiger partial charge in [0, 0.05) is 27.8 Å². The first-order chi connectivity index (χ1) is 10.5. The molecule has 1 saturated carbocycles. The van der Waals surface area contributed by atoms with E-state index in [0.717, 1.165) is 24.1 Å². The molecule has 0 aromatic carbocycles. The molecular formula is C16H26ClN3OSi. The molecule has 22 heavy (non-hydrogen) atoms. The summed E-state index contributed by atoms with van der Waals surface area (Å²) in [5.41, 5.74) is 2.29. The second-order valence-electron chi connectivity index (χ2n) is 6.45. The number of anilines is 1. The number of carbonyl (C=O) groups is 1. The molecule has 0 atom stereocenters. The predicted molar refractivity (Wildman–Crippen MR) is 95.9 cm³/mol. The molecule has 1 aromatic heterocycles. The van der Waals surface area contributed by atoms with Gasteiger partial charge in [-0.1, -0.05) is 36.5 Å². The Morgan fingerprint density at radius 3 is 2.64 bits per heavy atom. The second-order valence-corrected chi connectivity index (χ2v) is 8.81. The highest BCUT2D eigenvalue weighted by molar-refractivity contribution is 6.35. The Labute approximate surface area is 140 Å². The first kappa shape index (κ1) is 17.3. The van der Waals surface area contributed by atoms with Gasteiger partial charge in [0.05, 0.1) is 11.3 Å². The van der Waals surface area contributed by atoms with Gasteiger partial charge in [-0.05, 0) is 32.8 Å². The Hall–Kier alpha value is -1.07. The van der Waals surface area contributed by atoms with Crippen molar-refractivity contribution in [3.63, 3.8) is 0 Å². The van der Waals surface area contributed by atoms with Crippen LogP contribution in [-0.2, 0) is 0 Å². The molecule has 1 fully saturated rings. The normalized spacial score (nSPS) is 22.2. The van der Waals surface area contributed by atoms with Gasteiger partial charge in [0.15, 0.2) is 0 Å². The summed E-state index contributed by atoms with van der Waals surface area (Å²) in [7, 11) is 0.0966. The molecule has 0 unspecified atom stereocenters. The van der Waals surface area contributed by atoms with E-state index in [1.165, 1.54) is 12.8 Å². The standard InChI is InChI=1S/C16H26ClN3OSi/c1-10(2)19-14-8-15(17)18-9-13(14)16(21)20-11-4-6-12(22-3)7-5-11/h8-12H,4-7,22H2,1-3H3,(H,18,19)(H,20,21). The SMILES string of the molecule is C[SiH2]C1CCC(NC(=O)c2cnc(Cl)cc2NC(C)C)CC1. The fourth-order valence-corrected chi connectivity index (χ4v) is 4.47. The van der Waals surface area contributed by atoms with E-state index in [2.05, 4.69) is 22.2 Å². The fourth-order valence-electron chi connectivity index (χ4n) is 3.02. The number of halogens is 1. The van der Waals surface area contributed by atoms with Crippen molar-refractivity contribution in [3.8, 4) is 0 Å². The molecule has 0 bridgehead atoms. The Kier molecular flexibility index (Phi) is 6.26. The van der Waals surface area contributed by atoms with Crippen LogP contribution in [0.2, 0.25) is 17.2 Å². The third-order valence-electron chi connectivity index (χ3n) is 4.32. The predicted octanol–water partition coefficient (Wildman–Crippen LogP) is 3.23. The maximum Gasteiger partial charge on any atom is 0.255 e.